The van der Waals surface area contributed by atoms with Gasteiger partial charge in [-0.3, -0.25) is 0 Å². The van der Waals surface area contributed by atoms with Crippen LogP contribution < -0.4 is 5.73 Å². The molecule has 0 saturated carbocycles. The number of benzene rings is 1. The quantitative estimate of drug-likeness (QED) is 0.852. The number of alkyl halides is 3. The van der Waals surface area contributed by atoms with Crippen LogP contribution in [-0.2, 0) is 15.1 Å². The van der Waals surface area contributed by atoms with Crippen molar-refractivity contribution in [2.45, 2.75) is 18.6 Å². The molecule has 0 saturated heterocycles. The second-order valence-electron chi connectivity index (χ2n) is 4.27. The van der Waals surface area contributed by atoms with Gasteiger partial charge in [0.15, 0.2) is 0 Å². The number of fused-ring (bicyclic) bond motifs is 1. The number of rotatable bonds is 3. The van der Waals surface area contributed by atoms with E-state index in [1.54, 1.807) is 18.2 Å². The number of aromatic amines is 1. The number of carbonyl (C=O) groups excluding carboxylic acids is 1. The lowest BCUT2D eigenvalue weighted by Crippen LogP contribution is -2.57. The molecule has 1 unspecified atom stereocenters. The number of hydrogen-bond donors (Lipinski definition) is 2. The molecular formula is C13H13F3N2O2. The Morgan fingerprint density at radius 2 is 2.00 bits per heavy atom. The average molecular weight is 286 g/mol. The van der Waals surface area contributed by atoms with Crippen LogP contribution in [-0.4, -0.2) is 23.7 Å². The Morgan fingerprint density at radius 1 is 1.35 bits per heavy atom. The fourth-order valence-corrected chi connectivity index (χ4v) is 2.02. The Morgan fingerprint density at radius 3 is 2.60 bits per heavy atom. The van der Waals surface area contributed by atoms with Crippen molar-refractivity contribution in [3.05, 3.63) is 36.0 Å². The molecule has 4 nitrogen and oxygen atoms in total. The van der Waals surface area contributed by atoms with Crippen LogP contribution in [0.5, 0.6) is 0 Å². The number of nitrogens with one attached hydrogen (secondary N) is 1. The summed E-state index contributed by atoms with van der Waals surface area (Å²) in [5.74, 6) is -1.52. The lowest BCUT2D eigenvalue weighted by molar-refractivity contribution is -0.208. The third-order valence-corrected chi connectivity index (χ3v) is 3.06. The number of para-hydroxylation sites is 1. The lowest BCUT2D eigenvalue weighted by Gasteiger charge is -2.29. The SMILES string of the molecule is CCOC(=O)C(N)(c1c[nH]c2ccccc12)C(F)(F)F. The second kappa shape index (κ2) is 4.82. The molecule has 108 valence electrons. The summed E-state index contributed by atoms with van der Waals surface area (Å²) in [7, 11) is 0. The first kappa shape index (κ1) is 14.4. The summed E-state index contributed by atoms with van der Waals surface area (Å²) >= 11 is 0. The maximum Gasteiger partial charge on any atom is 0.421 e. The zero-order valence-corrected chi connectivity index (χ0v) is 10.6. The number of nitrogens with two attached hydrogens (primary N) is 1. The Kier molecular flexibility index (Phi) is 3.47. The van der Waals surface area contributed by atoms with Crippen LogP contribution in [0.25, 0.3) is 10.9 Å². The molecule has 1 aromatic heterocycles. The minimum Gasteiger partial charge on any atom is -0.464 e. The van der Waals surface area contributed by atoms with Crippen molar-refractivity contribution in [3.8, 4) is 0 Å². The fraction of sp³-hybridized carbons (Fsp3) is 0.308. The van der Waals surface area contributed by atoms with E-state index in [2.05, 4.69) is 9.72 Å². The molecule has 0 aliphatic rings. The van der Waals surface area contributed by atoms with Gasteiger partial charge in [-0.1, -0.05) is 18.2 Å². The first-order valence-electron chi connectivity index (χ1n) is 5.91. The topological polar surface area (TPSA) is 68.1 Å². The minimum atomic E-state index is -4.97. The first-order valence-corrected chi connectivity index (χ1v) is 5.91. The molecular weight excluding hydrogens is 273 g/mol. The molecule has 2 rings (SSSR count). The van der Waals surface area contributed by atoms with Crippen molar-refractivity contribution in [1.29, 1.82) is 0 Å². The van der Waals surface area contributed by atoms with Crippen LogP contribution in [0.3, 0.4) is 0 Å². The van der Waals surface area contributed by atoms with Gasteiger partial charge in [0.05, 0.1) is 6.61 Å². The highest BCUT2D eigenvalue weighted by Crippen LogP contribution is 2.40. The van der Waals surface area contributed by atoms with Gasteiger partial charge in [-0.25, -0.2) is 4.79 Å². The monoisotopic (exact) mass is 286 g/mol. The predicted molar refractivity (Wildman–Crippen MR) is 66.9 cm³/mol. The van der Waals surface area contributed by atoms with E-state index in [0.29, 0.717) is 5.52 Å². The number of halogens is 3. The summed E-state index contributed by atoms with van der Waals surface area (Å²) in [5, 5.41) is 0.236. The molecule has 2 aromatic rings. The molecule has 0 aliphatic carbocycles. The molecule has 1 atom stereocenters. The summed E-state index contributed by atoms with van der Waals surface area (Å²) in [6, 6.07) is 6.30. The zero-order valence-electron chi connectivity index (χ0n) is 10.6. The van der Waals surface area contributed by atoms with Gasteiger partial charge in [-0.15, -0.1) is 0 Å². The molecule has 3 N–H and O–H groups in total. The molecule has 0 radical (unpaired) electrons. The van der Waals surface area contributed by atoms with Crippen LogP contribution >= 0.6 is 0 Å². The number of ether oxygens (including phenoxy) is 1. The highest BCUT2D eigenvalue weighted by molar-refractivity contribution is 5.93. The number of esters is 1. The zero-order chi connectivity index (χ0) is 15.0. The van der Waals surface area contributed by atoms with Crippen LogP contribution in [0.4, 0.5) is 13.2 Å². The van der Waals surface area contributed by atoms with Crippen molar-refractivity contribution in [1.82, 2.24) is 4.98 Å². The number of aromatic nitrogens is 1. The standard InChI is InChI=1S/C13H13F3N2O2/c1-2-20-11(19)12(17,13(14,15)16)9-7-18-10-6-4-3-5-8(9)10/h3-7,18H,2,17H2,1H3. The van der Waals surface area contributed by atoms with Gasteiger partial charge in [0.2, 0.25) is 5.54 Å². The Labute approximate surface area is 112 Å². The fourth-order valence-electron chi connectivity index (χ4n) is 2.02. The summed E-state index contributed by atoms with van der Waals surface area (Å²) in [6.45, 7) is 1.24. The maximum absolute atomic E-state index is 13.3. The van der Waals surface area contributed by atoms with Crippen molar-refractivity contribution < 1.29 is 22.7 Å². The highest BCUT2D eigenvalue weighted by atomic mass is 19.4. The number of hydrogen-bond acceptors (Lipinski definition) is 3. The van der Waals surface area contributed by atoms with Gasteiger partial charge in [0.25, 0.3) is 0 Å². The van der Waals surface area contributed by atoms with Crippen LogP contribution in [0.15, 0.2) is 30.5 Å². The number of carbonyl (C=O) groups is 1. The average Bonchev–Trinajstić information content (AvgIpc) is 2.80. The minimum absolute atomic E-state index is 0.184. The van der Waals surface area contributed by atoms with Gasteiger partial charge in [0, 0.05) is 22.7 Å². The van der Waals surface area contributed by atoms with Crippen molar-refractivity contribution in [3.63, 3.8) is 0 Å². The van der Waals surface area contributed by atoms with Gasteiger partial charge < -0.3 is 15.5 Å². The largest absolute Gasteiger partial charge is 0.464 e. The Hall–Kier alpha value is -2.02. The molecule has 0 bridgehead atoms. The van der Waals surface area contributed by atoms with E-state index < -0.39 is 17.7 Å². The first-order chi connectivity index (χ1) is 9.32. The third kappa shape index (κ3) is 2.03. The predicted octanol–water partition coefficient (Wildman–Crippen LogP) is 2.45. The van der Waals surface area contributed by atoms with E-state index in [9.17, 15) is 18.0 Å². The van der Waals surface area contributed by atoms with Gasteiger partial charge in [0.1, 0.15) is 0 Å². The van der Waals surface area contributed by atoms with E-state index in [-0.39, 0.29) is 17.6 Å². The van der Waals surface area contributed by atoms with E-state index in [1.165, 1.54) is 13.0 Å². The van der Waals surface area contributed by atoms with Crippen molar-refractivity contribution in [2.24, 2.45) is 5.73 Å². The van der Waals surface area contributed by atoms with Crippen molar-refractivity contribution in [2.75, 3.05) is 6.61 Å². The van der Waals surface area contributed by atoms with Crippen LogP contribution in [0.1, 0.15) is 12.5 Å². The smallest absolute Gasteiger partial charge is 0.421 e. The second-order valence-corrected chi connectivity index (χ2v) is 4.27. The summed E-state index contributed by atoms with van der Waals surface area (Å²) < 4.78 is 44.5. The molecule has 1 aromatic carbocycles. The maximum atomic E-state index is 13.3. The number of H-pyrrole nitrogens is 1. The van der Waals surface area contributed by atoms with E-state index in [1.807, 2.05) is 0 Å². The van der Waals surface area contributed by atoms with Gasteiger partial charge in [-0.05, 0) is 13.0 Å². The molecule has 1 heterocycles. The summed E-state index contributed by atoms with van der Waals surface area (Å²) in [4.78, 5) is 14.4. The van der Waals surface area contributed by atoms with Crippen LogP contribution in [0, 0.1) is 0 Å². The molecule has 20 heavy (non-hydrogen) atoms. The van der Waals surface area contributed by atoms with E-state index >= 15 is 0 Å². The Balaban J connectivity index is 2.66. The molecule has 0 amide bonds. The van der Waals surface area contributed by atoms with Crippen LogP contribution in [0.2, 0.25) is 0 Å². The lowest BCUT2D eigenvalue weighted by atomic mass is 9.90. The van der Waals surface area contributed by atoms with E-state index in [4.69, 9.17) is 5.73 Å². The normalized spacial score (nSPS) is 15.1. The third-order valence-electron chi connectivity index (χ3n) is 3.06. The van der Waals surface area contributed by atoms with Crippen molar-refractivity contribution >= 4 is 16.9 Å². The Bertz CT molecular complexity index is 636. The van der Waals surface area contributed by atoms with Gasteiger partial charge >= 0.3 is 12.1 Å². The highest BCUT2D eigenvalue weighted by Gasteiger charge is 2.61. The molecule has 7 heteroatoms. The molecule has 0 aliphatic heterocycles. The molecule has 0 fully saturated rings. The summed E-state index contributed by atoms with van der Waals surface area (Å²) in [5.41, 5.74) is 2.34. The van der Waals surface area contributed by atoms with E-state index in [0.717, 1.165) is 6.20 Å². The molecule has 0 spiro atoms. The van der Waals surface area contributed by atoms with Gasteiger partial charge in [-0.2, -0.15) is 13.2 Å². The summed E-state index contributed by atoms with van der Waals surface area (Å²) in [6.07, 6.45) is -3.88.